The quantitative estimate of drug-likeness (QED) is 0.291. The van der Waals surface area contributed by atoms with E-state index in [1.165, 1.54) is 6.92 Å². The number of aldehydes is 1. The third-order valence-corrected chi connectivity index (χ3v) is 6.15. The first-order valence-electron chi connectivity index (χ1n) is 13.3. The lowest BCUT2D eigenvalue weighted by molar-refractivity contribution is -0.129. The van der Waals surface area contributed by atoms with Crippen LogP contribution < -0.4 is 5.32 Å². The van der Waals surface area contributed by atoms with Crippen molar-refractivity contribution in [3.8, 4) is 17.0 Å². The van der Waals surface area contributed by atoms with Crippen LogP contribution in [0.3, 0.4) is 0 Å². The highest BCUT2D eigenvalue weighted by molar-refractivity contribution is 5.79. The number of carbonyl (C=O) groups is 3. The number of aryl methyl sites for hydroxylation is 1. The van der Waals surface area contributed by atoms with Crippen molar-refractivity contribution < 1.29 is 18.8 Å². The number of carbonyl (C=O) groups excluding carboxylic acids is 3. The summed E-state index contributed by atoms with van der Waals surface area (Å²) in [6, 6.07) is 9.97. The van der Waals surface area contributed by atoms with E-state index in [1.807, 2.05) is 55.2 Å². The molecule has 38 heavy (non-hydrogen) atoms. The third-order valence-electron chi connectivity index (χ3n) is 6.15. The number of nitrogens with one attached hydrogen (secondary N) is 1. The second kappa shape index (κ2) is 17.0. The van der Waals surface area contributed by atoms with Crippen LogP contribution in [-0.4, -0.2) is 64.8 Å². The Bertz CT molecular complexity index is 1090. The fraction of sp³-hybridized carbons (Fsp3) is 0.483. The average molecular weight is 524 g/mol. The first kappa shape index (κ1) is 30.6. The molecule has 0 radical (unpaired) electrons. The number of hydrogen-bond donors (Lipinski definition) is 1. The van der Waals surface area contributed by atoms with Crippen molar-refractivity contribution in [3.63, 3.8) is 0 Å². The number of unbranched alkanes of at least 4 members (excludes halogenated alkanes) is 3. The highest BCUT2D eigenvalue weighted by Crippen LogP contribution is 2.22. The summed E-state index contributed by atoms with van der Waals surface area (Å²) in [4.78, 5) is 37.4. The Hall–Kier alpha value is -3.59. The van der Waals surface area contributed by atoms with Crippen LogP contribution in [0.2, 0.25) is 0 Å². The summed E-state index contributed by atoms with van der Waals surface area (Å²) in [5.74, 6) is 2.36. The van der Waals surface area contributed by atoms with Crippen molar-refractivity contribution in [1.29, 1.82) is 0 Å². The van der Waals surface area contributed by atoms with Crippen LogP contribution in [0.25, 0.3) is 17.0 Å². The van der Waals surface area contributed by atoms with E-state index in [9.17, 15) is 9.59 Å². The van der Waals surface area contributed by atoms with E-state index in [4.69, 9.17) is 9.21 Å². The van der Waals surface area contributed by atoms with Gasteiger partial charge in [-0.3, -0.25) is 9.59 Å². The fourth-order valence-corrected chi connectivity index (χ4v) is 3.96. The minimum atomic E-state index is 0.174. The smallest absolute Gasteiger partial charge is 0.225 e. The van der Waals surface area contributed by atoms with Gasteiger partial charge in [-0.15, -0.1) is 0 Å². The Morgan fingerprint density at radius 1 is 1.13 bits per heavy atom. The lowest BCUT2D eigenvalue weighted by atomic mass is 10.0. The van der Waals surface area contributed by atoms with Crippen LogP contribution in [-0.2, 0) is 20.8 Å². The van der Waals surface area contributed by atoms with Gasteiger partial charge in [-0.1, -0.05) is 19.8 Å². The molecule has 0 saturated carbocycles. The van der Waals surface area contributed by atoms with Gasteiger partial charge in [0.1, 0.15) is 12.1 Å². The molecule has 1 aliphatic rings. The Labute approximate surface area is 225 Å². The van der Waals surface area contributed by atoms with Gasteiger partial charge < -0.3 is 19.4 Å². The maximum Gasteiger partial charge on any atom is 0.225 e. The molecule has 2 aromatic heterocycles. The van der Waals surface area contributed by atoms with E-state index in [-0.39, 0.29) is 11.8 Å². The number of benzene rings is 1. The molecule has 0 atom stereocenters. The number of likely N-dealkylation sites (tertiary alicyclic amines) is 1. The first-order valence-corrected chi connectivity index (χ1v) is 13.3. The zero-order chi connectivity index (χ0) is 27.8. The zero-order valence-corrected chi connectivity index (χ0v) is 23.1. The van der Waals surface area contributed by atoms with E-state index in [0.29, 0.717) is 18.6 Å². The summed E-state index contributed by atoms with van der Waals surface area (Å²) in [6.07, 6.45) is 12.7. The molecule has 3 heterocycles. The Morgan fingerprint density at radius 2 is 1.82 bits per heavy atom. The van der Waals surface area contributed by atoms with Gasteiger partial charge in [-0.2, -0.15) is 5.10 Å². The molecule has 0 spiro atoms. The largest absolute Gasteiger partial charge is 0.441 e. The Morgan fingerprint density at radius 3 is 2.39 bits per heavy atom. The molecule has 206 valence electrons. The van der Waals surface area contributed by atoms with Gasteiger partial charge in [0.05, 0.1) is 17.8 Å². The summed E-state index contributed by atoms with van der Waals surface area (Å²) in [7, 11) is 3.69. The fourth-order valence-electron chi connectivity index (χ4n) is 3.96. The van der Waals surface area contributed by atoms with Crippen LogP contribution in [0.4, 0.5) is 0 Å². The van der Waals surface area contributed by atoms with Crippen LogP contribution >= 0.6 is 0 Å². The Kier molecular flexibility index (Phi) is 13.7. The maximum absolute atomic E-state index is 11.3. The SMILES string of the molecule is CC=O.CCC(=O)CCCCCCc1ncc(-c2ccc(-n3cccn3)cc2)o1.CNC(=O)C1CN(C)C1. The maximum atomic E-state index is 11.3. The molecule has 4 rings (SSSR count). The van der Waals surface area contributed by atoms with Crippen molar-refractivity contribution in [2.75, 3.05) is 27.2 Å². The standard InChI is InChI=1S/C21H25N3O2.C6H12N2O.C2H4O/c1-2-19(25)8-5-3-4-6-9-21-22-16-20(26-21)17-10-12-18(13-11-17)24-15-7-14-23-24;1-7-6(9)5-3-8(2)4-5;1-2-3/h7,10-16H,2-6,8-9H2,1H3;5H,3-4H2,1-2H3,(H,7,9);2H,1H3. The van der Waals surface area contributed by atoms with Crippen molar-refractivity contribution in [1.82, 2.24) is 25.0 Å². The molecular formula is C29H41N5O4. The molecule has 0 unspecified atom stereocenters. The summed E-state index contributed by atoms with van der Waals surface area (Å²) < 4.78 is 7.70. The highest BCUT2D eigenvalue weighted by atomic mass is 16.4. The van der Waals surface area contributed by atoms with Gasteiger partial charge in [0, 0.05) is 57.4 Å². The Balaban J connectivity index is 0.000000351. The topological polar surface area (TPSA) is 110 Å². The normalized spacial score (nSPS) is 12.8. The minimum Gasteiger partial charge on any atom is -0.441 e. The number of ketones is 1. The number of aromatic nitrogens is 3. The molecule has 1 fully saturated rings. The van der Waals surface area contributed by atoms with Crippen molar-refractivity contribution >= 4 is 18.0 Å². The number of hydrogen-bond acceptors (Lipinski definition) is 7. The summed E-state index contributed by atoms with van der Waals surface area (Å²) in [6.45, 7) is 5.20. The van der Waals surface area contributed by atoms with Crippen molar-refractivity contribution in [2.45, 2.75) is 58.8 Å². The second-order valence-electron chi connectivity index (χ2n) is 9.19. The summed E-state index contributed by atoms with van der Waals surface area (Å²) >= 11 is 0. The van der Waals surface area contributed by atoms with Crippen LogP contribution in [0.15, 0.2) is 53.3 Å². The molecule has 9 heteroatoms. The van der Waals surface area contributed by atoms with E-state index in [0.717, 1.165) is 74.4 Å². The molecule has 3 aromatic rings. The lowest BCUT2D eigenvalue weighted by Crippen LogP contribution is -2.50. The molecule has 1 saturated heterocycles. The molecule has 0 aliphatic carbocycles. The first-order chi connectivity index (χ1) is 18.4. The average Bonchev–Trinajstić information content (AvgIpc) is 3.62. The predicted octanol–water partition coefficient (Wildman–Crippen LogP) is 4.50. The molecule has 1 aliphatic heterocycles. The molecule has 9 nitrogen and oxygen atoms in total. The molecule has 0 bridgehead atoms. The van der Waals surface area contributed by atoms with Gasteiger partial charge in [0.2, 0.25) is 5.91 Å². The van der Waals surface area contributed by atoms with E-state index in [2.05, 4.69) is 20.3 Å². The van der Waals surface area contributed by atoms with Gasteiger partial charge >= 0.3 is 0 Å². The van der Waals surface area contributed by atoms with Gasteiger partial charge in [0.25, 0.3) is 0 Å². The minimum absolute atomic E-state index is 0.174. The predicted molar refractivity (Wildman–Crippen MR) is 148 cm³/mol. The van der Waals surface area contributed by atoms with E-state index in [1.54, 1.807) is 19.4 Å². The second-order valence-corrected chi connectivity index (χ2v) is 9.19. The molecule has 1 aromatic carbocycles. The third kappa shape index (κ3) is 10.4. The number of amides is 1. The summed E-state index contributed by atoms with van der Waals surface area (Å²) in [5, 5.41) is 6.85. The van der Waals surface area contributed by atoms with Crippen LogP contribution in [0, 0.1) is 5.92 Å². The van der Waals surface area contributed by atoms with Gasteiger partial charge in [0.15, 0.2) is 11.7 Å². The van der Waals surface area contributed by atoms with E-state index < -0.39 is 0 Å². The molecule has 1 amide bonds. The molecular weight excluding hydrogens is 482 g/mol. The monoisotopic (exact) mass is 523 g/mol. The number of Topliss-reactive ketones (excluding diaryl/α,β-unsaturated/α-hetero) is 1. The number of oxazole rings is 1. The highest BCUT2D eigenvalue weighted by Gasteiger charge is 2.28. The van der Waals surface area contributed by atoms with Crippen LogP contribution in [0.5, 0.6) is 0 Å². The summed E-state index contributed by atoms with van der Waals surface area (Å²) in [5.41, 5.74) is 2.03. The number of nitrogens with zero attached hydrogens (tertiary/aromatic N) is 4. The number of rotatable bonds is 11. The lowest BCUT2D eigenvalue weighted by Gasteiger charge is -2.34. The van der Waals surface area contributed by atoms with Crippen molar-refractivity contribution in [3.05, 3.63) is 54.8 Å². The molecule has 1 N–H and O–H groups in total. The van der Waals surface area contributed by atoms with Crippen molar-refractivity contribution in [2.24, 2.45) is 5.92 Å². The van der Waals surface area contributed by atoms with Gasteiger partial charge in [-0.05, 0) is 57.1 Å². The van der Waals surface area contributed by atoms with Gasteiger partial charge in [-0.25, -0.2) is 9.67 Å². The van der Waals surface area contributed by atoms with E-state index >= 15 is 0 Å². The zero-order valence-electron chi connectivity index (χ0n) is 23.1. The van der Waals surface area contributed by atoms with Crippen LogP contribution in [0.1, 0.15) is 58.3 Å².